The molecule has 2 rings (SSSR count). The zero-order valence-electron chi connectivity index (χ0n) is 7.09. The Kier molecular flexibility index (Phi) is 2.00. The fraction of sp³-hybridized carbons (Fsp3) is 0.300. The summed E-state index contributed by atoms with van der Waals surface area (Å²) in [5, 5.41) is 3.14. The lowest BCUT2D eigenvalue weighted by atomic mass is 9.99. The van der Waals surface area contributed by atoms with E-state index in [4.69, 9.17) is 0 Å². The van der Waals surface area contributed by atoms with Gasteiger partial charge in [-0.3, -0.25) is 0 Å². The largest absolute Gasteiger partial charge is 0.384 e. The quantitative estimate of drug-likeness (QED) is 0.703. The van der Waals surface area contributed by atoms with Crippen molar-refractivity contribution in [2.45, 2.75) is 12.3 Å². The van der Waals surface area contributed by atoms with Gasteiger partial charge >= 0.3 is 0 Å². The lowest BCUT2D eigenvalue weighted by Gasteiger charge is -2.04. The summed E-state index contributed by atoms with van der Waals surface area (Å²) in [6.45, 7) is 0.734. The highest BCUT2D eigenvalue weighted by Crippen LogP contribution is 2.33. The average Bonchev–Trinajstić information content (AvgIpc) is 2.49. The van der Waals surface area contributed by atoms with E-state index in [1.807, 2.05) is 0 Å². The summed E-state index contributed by atoms with van der Waals surface area (Å²) < 4.78 is 12.9. The van der Waals surface area contributed by atoms with Gasteiger partial charge in [0, 0.05) is 24.6 Å². The van der Waals surface area contributed by atoms with E-state index in [2.05, 4.69) is 5.32 Å². The molecule has 0 fully saturated rings. The summed E-state index contributed by atoms with van der Waals surface area (Å²) in [4.78, 5) is 10.3. The zero-order chi connectivity index (χ0) is 9.26. The van der Waals surface area contributed by atoms with Gasteiger partial charge in [0.25, 0.3) is 0 Å². The molecular weight excluding hydrogens is 169 g/mol. The van der Waals surface area contributed by atoms with E-state index >= 15 is 0 Å². The average molecular weight is 179 g/mol. The van der Waals surface area contributed by atoms with E-state index < -0.39 is 0 Å². The van der Waals surface area contributed by atoms with Crippen LogP contribution in [0.2, 0.25) is 0 Å². The van der Waals surface area contributed by atoms with E-state index in [1.54, 1.807) is 6.07 Å². The molecule has 0 saturated heterocycles. The van der Waals surface area contributed by atoms with Gasteiger partial charge in [-0.1, -0.05) is 0 Å². The number of carbonyl (C=O) groups is 1. The summed E-state index contributed by atoms with van der Waals surface area (Å²) in [7, 11) is 0. The Balaban J connectivity index is 2.34. The summed E-state index contributed by atoms with van der Waals surface area (Å²) in [5.74, 6) is -0.0958. The maximum Gasteiger partial charge on any atom is 0.123 e. The zero-order valence-corrected chi connectivity index (χ0v) is 7.09. The van der Waals surface area contributed by atoms with E-state index in [-0.39, 0.29) is 11.7 Å². The van der Waals surface area contributed by atoms with Gasteiger partial charge in [0.1, 0.15) is 12.1 Å². The van der Waals surface area contributed by atoms with Crippen LogP contribution >= 0.6 is 0 Å². The fourth-order valence-corrected chi connectivity index (χ4v) is 1.70. The molecule has 1 aromatic carbocycles. The second kappa shape index (κ2) is 3.17. The minimum Gasteiger partial charge on any atom is -0.384 e. The molecule has 3 heteroatoms. The Morgan fingerprint density at radius 2 is 2.46 bits per heavy atom. The molecule has 0 radical (unpaired) electrons. The van der Waals surface area contributed by atoms with Crippen molar-refractivity contribution in [3.05, 3.63) is 29.6 Å². The van der Waals surface area contributed by atoms with Crippen molar-refractivity contribution in [3.8, 4) is 0 Å². The third kappa shape index (κ3) is 1.41. The van der Waals surface area contributed by atoms with Gasteiger partial charge in [-0.2, -0.15) is 0 Å². The number of fused-ring (bicyclic) bond motifs is 1. The van der Waals surface area contributed by atoms with Crippen LogP contribution in [0.5, 0.6) is 0 Å². The monoisotopic (exact) mass is 179 g/mol. The SMILES string of the molecule is O=CCC1CNc2ccc(F)cc21. The summed E-state index contributed by atoms with van der Waals surface area (Å²) in [5.41, 5.74) is 1.88. The molecule has 13 heavy (non-hydrogen) atoms. The van der Waals surface area contributed by atoms with Crippen LogP contribution in [0.25, 0.3) is 0 Å². The molecule has 0 aromatic heterocycles. The maximum absolute atomic E-state index is 12.9. The van der Waals surface area contributed by atoms with Crippen LogP contribution in [0.1, 0.15) is 17.9 Å². The van der Waals surface area contributed by atoms with Gasteiger partial charge in [-0.25, -0.2) is 4.39 Å². The van der Waals surface area contributed by atoms with Crippen molar-refractivity contribution in [1.29, 1.82) is 0 Å². The molecule has 0 aliphatic carbocycles. The normalized spacial score (nSPS) is 19.3. The van der Waals surface area contributed by atoms with Crippen molar-refractivity contribution in [1.82, 2.24) is 0 Å². The lowest BCUT2D eigenvalue weighted by molar-refractivity contribution is -0.108. The first kappa shape index (κ1) is 8.23. The molecule has 0 spiro atoms. The van der Waals surface area contributed by atoms with Gasteiger partial charge in [-0.15, -0.1) is 0 Å². The highest BCUT2D eigenvalue weighted by molar-refractivity contribution is 5.61. The van der Waals surface area contributed by atoms with Crippen LogP contribution in [-0.2, 0) is 4.79 Å². The Hall–Kier alpha value is -1.38. The number of aldehydes is 1. The topological polar surface area (TPSA) is 29.1 Å². The van der Waals surface area contributed by atoms with Crippen LogP contribution in [-0.4, -0.2) is 12.8 Å². The highest BCUT2D eigenvalue weighted by Gasteiger charge is 2.21. The summed E-state index contributed by atoms with van der Waals surface area (Å²) in [6.07, 6.45) is 1.34. The van der Waals surface area contributed by atoms with Crippen LogP contribution in [0.15, 0.2) is 18.2 Å². The number of carbonyl (C=O) groups excluding carboxylic acids is 1. The molecule has 1 aliphatic rings. The number of rotatable bonds is 2. The number of anilines is 1. The lowest BCUT2D eigenvalue weighted by Crippen LogP contribution is -2.02. The molecule has 0 amide bonds. The van der Waals surface area contributed by atoms with Crippen molar-refractivity contribution in [2.24, 2.45) is 0 Å². The molecule has 1 aromatic rings. The van der Waals surface area contributed by atoms with Gasteiger partial charge in [0.05, 0.1) is 0 Å². The van der Waals surface area contributed by atoms with Crippen molar-refractivity contribution >= 4 is 12.0 Å². The number of hydrogen-bond donors (Lipinski definition) is 1. The minimum atomic E-state index is -0.238. The molecule has 1 unspecified atom stereocenters. The second-order valence-electron chi connectivity index (χ2n) is 3.21. The molecule has 1 heterocycles. The molecule has 1 aliphatic heterocycles. The van der Waals surface area contributed by atoms with Crippen molar-refractivity contribution < 1.29 is 9.18 Å². The third-order valence-electron chi connectivity index (χ3n) is 2.37. The minimum absolute atomic E-state index is 0.142. The van der Waals surface area contributed by atoms with E-state index in [9.17, 15) is 9.18 Å². The van der Waals surface area contributed by atoms with Gasteiger partial charge < -0.3 is 10.1 Å². The molecule has 2 nitrogen and oxygen atoms in total. The number of halogens is 1. The number of benzene rings is 1. The fourth-order valence-electron chi connectivity index (χ4n) is 1.70. The van der Waals surface area contributed by atoms with E-state index in [0.717, 1.165) is 24.1 Å². The predicted octanol–water partition coefficient (Wildman–Crippen LogP) is 1.92. The molecule has 68 valence electrons. The predicted molar refractivity (Wildman–Crippen MR) is 48.3 cm³/mol. The van der Waals surface area contributed by atoms with Crippen molar-refractivity contribution in [2.75, 3.05) is 11.9 Å². The number of hydrogen-bond acceptors (Lipinski definition) is 2. The van der Waals surface area contributed by atoms with Crippen LogP contribution < -0.4 is 5.32 Å². The molecule has 1 N–H and O–H groups in total. The van der Waals surface area contributed by atoms with Crippen molar-refractivity contribution in [3.63, 3.8) is 0 Å². The molecular formula is C10H10FNO. The molecule has 1 atom stereocenters. The summed E-state index contributed by atoms with van der Waals surface area (Å²) in [6, 6.07) is 4.65. The van der Waals surface area contributed by atoms with Crippen LogP contribution in [0.4, 0.5) is 10.1 Å². The first-order valence-electron chi connectivity index (χ1n) is 4.28. The molecule has 0 saturated carbocycles. The highest BCUT2D eigenvalue weighted by atomic mass is 19.1. The summed E-state index contributed by atoms with van der Waals surface area (Å²) >= 11 is 0. The first-order chi connectivity index (χ1) is 6.31. The van der Waals surface area contributed by atoms with Gasteiger partial charge in [0.15, 0.2) is 0 Å². The van der Waals surface area contributed by atoms with E-state index in [0.29, 0.717) is 6.42 Å². The third-order valence-corrected chi connectivity index (χ3v) is 2.37. The smallest absolute Gasteiger partial charge is 0.123 e. The second-order valence-corrected chi connectivity index (χ2v) is 3.21. The Morgan fingerprint density at radius 3 is 3.23 bits per heavy atom. The van der Waals surface area contributed by atoms with Gasteiger partial charge in [0.2, 0.25) is 0 Å². The first-order valence-corrected chi connectivity index (χ1v) is 4.28. The van der Waals surface area contributed by atoms with Crippen LogP contribution in [0, 0.1) is 5.82 Å². The van der Waals surface area contributed by atoms with Gasteiger partial charge in [-0.05, 0) is 23.8 Å². The van der Waals surface area contributed by atoms with Crippen LogP contribution in [0.3, 0.4) is 0 Å². The number of nitrogens with one attached hydrogen (secondary N) is 1. The molecule has 0 bridgehead atoms. The van der Waals surface area contributed by atoms with E-state index in [1.165, 1.54) is 12.1 Å². The Morgan fingerprint density at radius 1 is 1.62 bits per heavy atom. The maximum atomic E-state index is 12.9. The Labute approximate surface area is 75.8 Å². The standard InChI is InChI=1S/C10H10FNO/c11-8-1-2-10-9(5-8)7(3-4-13)6-12-10/h1-2,4-5,7,12H,3,6H2. The Bertz CT molecular complexity index is 338.